The molecule has 1 aliphatic rings. The van der Waals surface area contributed by atoms with Crippen LogP contribution in [-0.4, -0.2) is 52.9 Å². The Balaban J connectivity index is 1.75. The zero-order valence-corrected chi connectivity index (χ0v) is 21.7. The highest BCUT2D eigenvalue weighted by molar-refractivity contribution is 14.2. The quantitative estimate of drug-likeness (QED) is 0.133. The van der Waals surface area contributed by atoms with Gasteiger partial charge >= 0.3 is 6.18 Å². The number of benzene rings is 2. The minimum Gasteiger partial charge on any atom is -0.384 e. The molecular formula is C22H22F4IN3O5S. The minimum atomic E-state index is -5.34. The number of amides is 1. The first-order valence-electron chi connectivity index (χ1n) is 10.2. The molecule has 1 heterocycles. The highest BCUT2D eigenvalue weighted by atomic mass is 127. The smallest absolute Gasteiger partial charge is 0.384 e. The second kappa shape index (κ2) is 10.8. The van der Waals surface area contributed by atoms with Crippen molar-refractivity contribution in [3.05, 3.63) is 71.3 Å². The topological polar surface area (TPSA) is 122 Å². The van der Waals surface area contributed by atoms with E-state index in [0.29, 0.717) is 10.2 Å². The van der Waals surface area contributed by atoms with Gasteiger partial charge in [0.15, 0.2) is 0 Å². The number of halogens is 5. The van der Waals surface area contributed by atoms with Crippen LogP contribution in [0.15, 0.2) is 64.8 Å². The SMILES string of the molecule is Cc1ccc(S(=O)(=O)OCC(O)(CNC(=O)C2=C(N)N(c3ccc(F)cc3)CI=C2)C(F)(F)F)cc1. The van der Waals surface area contributed by atoms with Crippen LogP contribution in [0.1, 0.15) is 5.56 Å². The molecule has 3 rings (SSSR count). The van der Waals surface area contributed by atoms with Gasteiger partial charge in [-0.15, -0.1) is 0 Å². The van der Waals surface area contributed by atoms with E-state index in [4.69, 9.17) is 5.73 Å². The van der Waals surface area contributed by atoms with Gasteiger partial charge in [0, 0.05) is 5.69 Å². The fourth-order valence-electron chi connectivity index (χ4n) is 2.94. The predicted molar refractivity (Wildman–Crippen MR) is 133 cm³/mol. The summed E-state index contributed by atoms with van der Waals surface area (Å²) in [5.74, 6) is -1.53. The first kappa shape index (κ1) is 28.0. The lowest BCUT2D eigenvalue weighted by Crippen LogP contribution is -2.57. The molecule has 4 N–H and O–H groups in total. The van der Waals surface area contributed by atoms with Crippen molar-refractivity contribution in [1.82, 2.24) is 5.32 Å². The van der Waals surface area contributed by atoms with Gasteiger partial charge in [0.2, 0.25) is 5.60 Å². The highest BCUT2D eigenvalue weighted by Gasteiger charge is 2.55. The van der Waals surface area contributed by atoms with Crippen LogP contribution in [-0.2, 0) is 19.1 Å². The zero-order chi connectivity index (χ0) is 26.7. The number of nitrogens with two attached hydrogens (primary N) is 1. The third-order valence-corrected chi connectivity index (χ3v) is 8.57. The van der Waals surface area contributed by atoms with Gasteiger partial charge in [-0.2, -0.15) is 21.6 Å². The summed E-state index contributed by atoms with van der Waals surface area (Å²) in [7, 11) is -4.62. The molecule has 0 aromatic heterocycles. The summed E-state index contributed by atoms with van der Waals surface area (Å²) >= 11 is -0.755. The average Bonchev–Trinajstić information content (AvgIpc) is 2.82. The summed E-state index contributed by atoms with van der Waals surface area (Å²) in [6, 6.07) is 10.5. The lowest BCUT2D eigenvalue weighted by Gasteiger charge is -2.31. The van der Waals surface area contributed by atoms with Crippen molar-refractivity contribution in [3.8, 4) is 0 Å². The number of anilines is 1. The number of aryl methyl sites for hydroxylation is 1. The van der Waals surface area contributed by atoms with Gasteiger partial charge in [-0.1, -0.05) is 38.4 Å². The maximum Gasteiger partial charge on any atom is 0.421 e. The fraction of sp³-hybridized carbons (Fsp3) is 0.273. The molecule has 0 saturated heterocycles. The van der Waals surface area contributed by atoms with Gasteiger partial charge < -0.3 is 21.1 Å². The van der Waals surface area contributed by atoms with Gasteiger partial charge in [0.1, 0.15) is 18.2 Å². The molecule has 0 aliphatic carbocycles. The van der Waals surface area contributed by atoms with Crippen LogP contribution < -0.4 is 16.0 Å². The summed E-state index contributed by atoms with van der Waals surface area (Å²) in [6.07, 6.45) is -5.34. The largest absolute Gasteiger partial charge is 0.421 e. The number of alkyl halides is 4. The first-order valence-corrected chi connectivity index (χ1v) is 14.4. The Labute approximate surface area is 214 Å². The van der Waals surface area contributed by atoms with E-state index >= 15 is 0 Å². The van der Waals surface area contributed by atoms with Crippen LogP contribution in [0.4, 0.5) is 23.2 Å². The summed E-state index contributed by atoms with van der Waals surface area (Å²) < 4.78 is 85.3. The number of hydrogen-bond acceptors (Lipinski definition) is 7. The van der Waals surface area contributed by atoms with Gasteiger partial charge in [0.25, 0.3) is 16.0 Å². The molecule has 8 nitrogen and oxygen atoms in total. The fourth-order valence-corrected chi connectivity index (χ4v) is 6.29. The Morgan fingerprint density at radius 1 is 1.17 bits per heavy atom. The summed E-state index contributed by atoms with van der Waals surface area (Å²) in [5, 5.41) is 12.2. The van der Waals surface area contributed by atoms with Crippen molar-refractivity contribution < 1.29 is 40.1 Å². The van der Waals surface area contributed by atoms with Gasteiger partial charge in [0.05, 0.1) is 21.6 Å². The van der Waals surface area contributed by atoms with E-state index in [2.05, 4.69) is 4.18 Å². The molecule has 0 fully saturated rings. The van der Waals surface area contributed by atoms with E-state index < -0.39 is 67.5 Å². The molecule has 36 heavy (non-hydrogen) atoms. The van der Waals surface area contributed by atoms with Crippen molar-refractivity contribution in [1.29, 1.82) is 0 Å². The van der Waals surface area contributed by atoms with E-state index in [1.807, 2.05) is 5.32 Å². The van der Waals surface area contributed by atoms with Crippen LogP contribution in [0.3, 0.4) is 0 Å². The number of hydrogen-bond donors (Lipinski definition) is 3. The number of carbonyl (C=O) groups is 1. The Morgan fingerprint density at radius 3 is 2.36 bits per heavy atom. The summed E-state index contributed by atoms with van der Waals surface area (Å²) in [5.41, 5.74) is 3.46. The van der Waals surface area contributed by atoms with Crippen molar-refractivity contribution in [2.75, 3.05) is 22.6 Å². The number of carbonyl (C=O) groups excluding carboxylic acids is 1. The summed E-state index contributed by atoms with van der Waals surface area (Å²) in [4.78, 5) is 13.8. The Morgan fingerprint density at radius 2 is 1.78 bits per heavy atom. The first-order chi connectivity index (χ1) is 16.7. The standard InChI is InChI=1S/C22H22F4IN3O5S/c1-14-2-8-17(9-3-14)36(33,34)35-12-21(32,22(24,25)26)11-29-20(31)18-10-27-13-30(19(18)28)16-6-4-15(23)5-7-16/h2-10,32H,11-13,28H2,1H3,(H,29,31). The third-order valence-electron chi connectivity index (χ3n) is 5.16. The Kier molecular flexibility index (Phi) is 8.42. The van der Waals surface area contributed by atoms with Crippen molar-refractivity contribution in [3.63, 3.8) is 0 Å². The highest BCUT2D eigenvalue weighted by Crippen LogP contribution is 2.32. The molecule has 2 aromatic carbocycles. The molecule has 196 valence electrons. The van der Waals surface area contributed by atoms with E-state index in [9.17, 15) is 35.9 Å². The average molecular weight is 643 g/mol. The van der Waals surface area contributed by atoms with Crippen LogP contribution in [0, 0.1) is 12.7 Å². The molecule has 1 unspecified atom stereocenters. The number of nitrogens with one attached hydrogen (secondary N) is 1. The van der Waals surface area contributed by atoms with E-state index in [-0.39, 0.29) is 16.3 Å². The maximum atomic E-state index is 13.7. The summed E-state index contributed by atoms with van der Waals surface area (Å²) in [6.45, 7) is -1.38. The molecule has 0 bridgehead atoms. The molecule has 0 radical (unpaired) electrons. The lowest BCUT2D eigenvalue weighted by molar-refractivity contribution is -0.265. The van der Waals surface area contributed by atoms with Crippen molar-refractivity contribution in [2.45, 2.75) is 23.6 Å². The number of nitrogens with zero attached hydrogens (tertiary/aromatic N) is 1. The minimum absolute atomic E-state index is 0.0567. The molecule has 2 aromatic rings. The van der Waals surface area contributed by atoms with Crippen LogP contribution >= 0.6 is 20.7 Å². The van der Waals surface area contributed by atoms with Crippen molar-refractivity contribution >= 4 is 46.5 Å². The molecule has 0 saturated carbocycles. The monoisotopic (exact) mass is 643 g/mol. The molecule has 1 amide bonds. The second-order valence-electron chi connectivity index (χ2n) is 7.83. The van der Waals surface area contributed by atoms with Gasteiger partial charge in [-0.25, -0.2) is 4.39 Å². The zero-order valence-electron chi connectivity index (χ0n) is 18.7. The lowest BCUT2D eigenvalue weighted by atomic mass is 10.1. The Bertz CT molecular complexity index is 1280. The molecule has 0 spiro atoms. The molecule has 1 atom stereocenters. The second-order valence-corrected chi connectivity index (χ2v) is 11.6. The van der Waals surface area contributed by atoms with Crippen LogP contribution in [0.2, 0.25) is 0 Å². The van der Waals surface area contributed by atoms with Gasteiger partial charge in [-0.3, -0.25) is 8.98 Å². The van der Waals surface area contributed by atoms with Crippen molar-refractivity contribution in [2.24, 2.45) is 5.73 Å². The molecular weight excluding hydrogens is 621 g/mol. The van der Waals surface area contributed by atoms with Crippen LogP contribution in [0.25, 0.3) is 0 Å². The number of rotatable bonds is 8. The third kappa shape index (κ3) is 6.41. The van der Waals surface area contributed by atoms with E-state index in [1.54, 1.807) is 6.92 Å². The van der Waals surface area contributed by atoms with Crippen LogP contribution in [0.5, 0.6) is 0 Å². The van der Waals surface area contributed by atoms with Gasteiger partial charge in [-0.05, 0) is 47.3 Å². The predicted octanol–water partition coefficient (Wildman–Crippen LogP) is 2.67. The number of aliphatic hydroxyl groups is 1. The molecule has 1 aliphatic heterocycles. The maximum absolute atomic E-state index is 13.7. The molecule has 14 heteroatoms. The van der Waals surface area contributed by atoms with E-state index in [0.717, 1.165) is 17.7 Å². The normalized spacial score (nSPS) is 16.3. The Hall–Kier alpha value is -2.56. The van der Waals surface area contributed by atoms with E-state index in [1.165, 1.54) is 45.3 Å².